The molecule has 0 radical (unpaired) electrons. The topological polar surface area (TPSA) is 26.7 Å². The van der Waals surface area contributed by atoms with Gasteiger partial charge in [-0.05, 0) is 74.3 Å². The van der Waals surface area contributed by atoms with Crippen molar-refractivity contribution in [1.29, 1.82) is 0 Å². The maximum atomic E-state index is 12.0. The van der Waals surface area contributed by atoms with E-state index in [1.54, 1.807) is 0 Å². The number of likely N-dealkylation sites (tertiary alicyclic amines) is 1. The van der Waals surface area contributed by atoms with Crippen LogP contribution in [-0.2, 0) is 18.6 Å². The summed E-state index contributed by atoms with van der Waals surface area (Å²) in [5.74, 6) is 0.996. The van der Waals surface area contributed by atoms with Crippen LogP contribution in [0.15, 0.2) is 54.6 Å². The molecule has 3 nitrogen and oxygen atoms in total. The van der Waals surface area contributed by atoms with Crippen molar-refractivity contribution in [2.75, 3.05) is 32.7 Å². The molecule has 1 N–H and O–H groups in total. The van der Waals surface area contributed by atoms with Crippen molar-refractivity contribution in [3.63, 3.8) is 0 Å². The van der Waals surface area contributed by atoms with Gasteiger partial charge in [-0.2, -0.15) is 0 Å². The van der Waals surface area contributed by atoms with E-state index in [1.165, 1.54) is 56.6 Å². The van der Waals surface area contributed by atoms with Crippen LogP contribution in [0.1, 0.15) is 42.4 Å². The van der Waals surface area contributed by atoms with Gasteiger partial charge in [0.15, 0.2) is 0 Å². The maximum absolute atomic E-state index is 12.0. The average molecular weight is 391 g/mol. The Morgan fingerprint density at radius 1 is 0.862 bits per heavy atom. The van der Waals surface area contributed by atoms with Crippen LogP contribution in [0, 0.1) is 11.8 Å². The number of hydrogen-bond donors (Lipinski definition) is 1. The normalized spacial score (nSPS) is 28.7. The SMILES string of the molecule is OC(CCc1ccc(CN2CCCC2)cc1)(c1ccccc1)C1CN2CCC1C2. The standard InChI is InChI=1S/C26H34N2O/c29-26(24-6-2-1-3-7-24,25-20-28-17-13-23(25)19-28)14-12-21-8-10-22(11-9-21)18-27-15-4-5-16-27/h1-3,6-11,23,25,29H,4-5,12-20H2. The van der Waals surface area contributed by atoms with E-state index in [0.29, 0.717) is 11.8 Å². The molecule has 4 unspecified atom stereocenters. The van der Waals surface area contributed by atoms with E-state index >= 15 is 0 Å². The first-order valence-corrected chi connectivity index (χ1v) is 11.5. The molecule has 3 fully saturated rings. The monoisotopic (exact) mass is 390 g/mol. The van der Waals surface area contributed by atoms with Gasteiger partial charge in [0.1, 0.15) is 0 Å². The highest BCUT2D eigenvalue weighted by Gasteiger charge is 2.49. The van der Waals surface area contributed by atoms with Gasteiger partial charge in [0.2, 0.25) is 0 Å². The van der Waals surface area contributed by atoms with E-state index < -0.39 is 5.60 Å². The smallest absolute Gasteiger partial charge is 0.0943 e. The van der Waals surface area contributed by atoms with Gasteiger partial charge in [0.25, 0.3) is 0 Å². The van der Waals surface area contributed by atoms with E-state index in [-0.39, 0.29) is 0 Å². The largest absolute Gasteiger partial charge is 0.385 e. The number of benzene rings is 2. The van der Waals surface area contributed by atoms with Gasteiger partial charge < -0.3 is 10.0 Å². The van der Waals surface area contributed by atoms with Crippen LogP contribution in [0.25, 0.3) is 0 Å². The summed E-state index contributed by atoms with van der Waals surface area (Å²) in [6.07, 6.45) is 5.66. The van der Waals surface area contributed by atoms with Crippen molar-refractivity contribution in [3.8, 4) is 0 Å². The number of piperidine rings is 1. The highest BCUT2D eigenvalue weighted by atomic mass is 16.3. The quantitative estimate of drug-likeness (QED) is 0.772. The predicted molar refractivity (Wildman–Crippen MR) is 118 cm³/mol. The molecular weight excluding hydrogens is 356 g/mol. The summed E-state index contributed by atoms with van der Waals surface area (Å²) in [7, 11) is 0. The fourth-order valence-corrected chi connectivity index (χ4v) is 5.94. The maximum Gasteiger partial charge on any atom is 0.0943 e. The lowest BCUT2D eigenvalue weighted by Gasteiger charge is -2.39. The summed E-state index contributed by atoms with van der Waals surface area (Å²) in [4.78, 5) is 5.09. The Bertz CT molecular complexity index is 799. The minimum absolute atomic E-state index is 0.355. The zero-order valence-corrected chi connectivity index (χ0v) is 17.5. The van der Waals surface area contributed by atoms with Crippen LogP contribution in [0.3, 0.4) is 0 Å². The van der Waals surface area contributed by atoms with Crippen LogP contribution < -0.4 is 0 Å². The first-order valence-electron chi connectivity index (χ1n) is 11.5. The molecule has 3 aliphatic rings. The van der Waals surface area contributed by atoms with Crippen molar-refractivity contribution >= 4 is 0 Å². The Kier molecular flexibility index (Phi) is 5.47. The van der Waals surface area contributed by atoms with E-state index in [4.69, 9.17) is 0 Å². The molecule has 29 heavy (non-hydrogen) atoms. The van der Waals surface area contributed by atoms with E-state index in [0.717, 1.165) is 31.5 Å². The second-order valence-corrected chi connectivity index (χ2v) is 9.50. The third kappa shape index (κ3) is 4.01. The molecule has 0 amide bonds. The summed E-state index contributed by atoms with van der Waals surface area (Å²) in [5, 5.41) is 12.0. The molecule has 3 heteroatoms. The number of hydrogen-bond acceptors (Lipinski definition) is 3. The lowest BCUT2D eigenvalue weighted by atomic mass is 9.71. The zero-order chi connectivity index (χ0) is 19.7. The van der Waals surface area contributed by atoms with Crippen molar-refractivity contribution in [1.82, 2.24) is 9.80 Å². The van der Waals surface area contributed by atoms with E-state index in [2.05, 4.69) is 58.3 Å². The molecule has 3 heterocycles. The molecule has 0 spiro atoms. The summed E-state index contributed by atoms with van der Waals surface area (Å²) >= 11 is 0. The van der Waals surface area contributed by atoms with Crippen LogP contribution in [0.5, 0.6) is 0 Å². The first kappa shape index (κ1) is 19.3. The Balaban J connectivity index is 1.29. The minimum Gasteiger partial charge on any atom is -0.385 e. The molecule has 0 aromatic heterocycles. The first-order chi connectivity index (χ1) is 14.2. The third-order valence-corrected chi connectivity index (χ3v) is 7.64. The highest BCUT2D eigenvalue weighted by molar-refractivity contribution is 5.27. The van der Waals surface area contributed by atoms with Crippen LogP contribution in [0.2, 0.25) is 0 Å². The molecule has 0 aliphatic carbocycles. The van der Waals surface area contributed by atoms with Gasteiger partial charge in [0.05, 0.1) is 5.60 Å². The van der Waals surface area contributed by atoms with Gasteiger partial charge >= 0.3 is 0 Å². The predicted octanol–water partition coefficient (Wildman–Crippen LogP) is 4.05. The molecule has 2 aromatic rings. The summed E-state index contributed by atoms with van der Waals surface area (Å²) < 4.78 is 0. The molecule has 3 saturated heterocycles. The van der Waals surface area contributed by atoms with Crippen molar-refractivity contribution in [2.24, 2.45) is 11.8 Å². The van der Waals surface area contributed by atoms with Crippen LogP contribution in [-0.4, -0.2) is 47.6 Å². The average Bonchev–Trinajstić information content (AvgIpc) is 3.53. The fourth-order valence-electron chi connectivity index (χ4n) is 5.94. The van der Waals surface area contributed by atoms with Crippen LogP contribution in [0.4, 0.5) is 0 Å². The molecular formula is C26H34N2O. The zero-order valence-electron chi connectivity index (χ0n) is 17.5. The summed E-state index contributed by atoms with van der Waals surface area (Å²) in [6, 6.07) is 19.6. The molecule has 0 saturated carbocycles. The number of rotatable bonds is 7. The lowest BCUT2D eigenvalue weighted by molar-refractivity contribution is -0.0495. The van der Waals surface area contributed by atoms with Crippen molar-refractivity contribution in [3.05, 3.63) is 71.3 Å². The van der Waals surface area contributed by atoms with Gasteiger partial charge in [-0.25, -0.2) is 0 Å². The van der Waals surface area contributed by atoms with Gasteiger partial charge in [-0.1, -0.05) is 54.6 Å². The summed E-state index contributed by atoms with van der Waals surface area (Å²) in [5.41, 5.74) is 3.13. The lowest BCUT2D eigenvalue weighted by Crippen LogP contribution is -2.42. The Morgan fingerprint density at radius 3 is 2.24 bits per heavy atom. The second-order valence-electron chi connectivity index (χ2n) is 9.50. The number of aliphatic hydroxyl groups is 1. The Morgan fingerprint density at radius 2 is 1.59 bits per heavy atom. The highest BCUT2D eigenvalue weighted by Crippen LogP contribution is 2.46. The third-order valence-electron chi connectivity index (χ3n) is 7.64. The minimum atomic E-state index is -0.727. The molecule has 3 aliphatic heterocycles. The second kappa shape index (κ2) is 8.22. The number of fused-ring (bicyclic) bond motifs is 2. The molecule has 2 bridgehead atoms. The van der Waals surface area contributed by atoms with Crippen LogP contribution >= 0.6 is 0 Å². The van der Waals surface area contributed by atoms with Gasteiger partial charge in [0, 0.05) is 25.6 Å². The van der Waals surface area contributed by atoms with E-state index in [1.807, 2.05) is 6.07 Å². The number of aryl methyl sites for hydroxylation is 1. The molecule has 154 valence electrons. The van der Waals surface area contributed by atoms with Crippen molar-refractivity contribution in [2.45, 2.75) is 44.2 Å². The molecule has 4 atom stereocenters. The fraction of sp³-hybridized carbons (Fsp3) is 0.538. The Labute approximate surface area is 175 Å². The Hall–Kier alpha value is -1.68. The van der Waals surface area contributed by atoms with Crippen molar-refractivity contribution < 1.29 is 5.11 Å². The number of nitrogens with zero attached hydrogens (tertiary/aromatic N) is 2. The van der Waals surface area contributed by atoms with Gasteiger partial charge in [-0.3, -0.25) is 4.90 Å². The summed E-state index contributed by atoms with van der Waals surface area (Å²) in [6.45, 7) is 6.99. The van der Waals surface area contributed by atoms with E-state index in [9.17, 15) is 5.11 Å². The molecule has 2 aromatic carbocycles. The molecule has 5 rings (SSSR count). The van der Waals surface area contributed by atoms with Gasteiger partial charge in [-0.15, -0.1) is 0 Å².